The molecular weight excluding hydrogens is 318 g/mol. The van der Waals surface area contributed by atoms with Crippen LogP contribution in [0, 0.1) is 13.8 Å². The average Bonchev–Trinajstić information content (AvgIpc) is 3.03. The minimum absolute atomic E-state index is 0.0478. The van der Waals surface area contributed by atoms with E-state index < -0.39 is 6.04 Å². The number of hydrogen-bond donors (Lipinski definition) is 2. The highest BCUT2D eigenvalue weighted by molar-refractivity contribution is 5.94. The molecule has 0 radical (unpaired) electrons. The molecule has 1 aromatic carbocycles. The Kier molecular flexibility index (Phi) is 4.74. The van der Waals surface area contributed by atoms with Gasteiger partial charge in [0.1, 0.15) is 6.04 Å². The lowest BCUT2D eigenvalue weighted by molar-refractivity contribution is -0.128. The molecule has 7 heteroatoms. The van der Waals surface area contributed by atoms with Gasteiger partial charge in [-0.15, -0.1) is 0 Å². The predicted molar refractivity (Wildman–Crippen MR) is 95.4 cm³/mol. The summed E-state index contributed by atoms with van der Waals surface area (Å²) in [4.78, 5) is 25.6. The largest absolute Gasteiger partial charge is 0.344 e. The van der Waals surface area contributed by atoms with Crippen LogP contribution >= 0.6 is 0 Å². The number of nitrogens with one attached hydrogen (secondary N) is 2. The number of hydrogen-bond acceptors (Lipinski definition) is 3. The number of likely N-dealkylation sites (tertiary alicyclic amines) is 1. The first-order valence-electron chi connectivity index (χ1n) is 8.35. The molecule has 1 atom stereocenters. The number of carbonyl (C=O) groups is 2. The molecule has 1 aliphatic rings. The first kappa shape index (κ1) is 17.0. The Morgan fingerprint density at radius 1 is 1.32 bits per heavy atom. The normalized spacial score (nSPS) is 17.0. The van der Waals surface area contributed by atoms with Crippen LogP contribution in [0.1, 0.15) is 23.4 Å². The smallest absolute Gasteiger partial charge is 0.319 e. The molecular formula is C18H23N5O2. The third-order valence-corrected chi connectivity index (χ3v) is 4.35. The maximum atomic E-state index is 12.1. The van der Waals surface area contributed by atoms with Crippen molar-refractivity contribution in [3.63, 3.8) is 0 Å². The molecule has 2 N–H and O–H groups in total. The number of carbonyl (C=O) groups excluding carboxylic acids is 2. The summed E-state index contributed by atoms with van der Waals surface area (Å²) >= 11 is 0. The van der Waals surface area contributed by atoms with E-state index in [-0.39, 0.29) is 11.9 Å². The van der Waals surface area contributed by atoms with Gasteiger partial charge in [-0.05, 0) is 44.0 Å². The van der Waals surface area contributed by atoms with Gasteiger partial charge >= 0.3 is 6.03 Å². The number of benzene rings is 1. The number of aryl methyl sites for hydroxylation is 2. The fourth-order valence-electron chi connectivity index (χ4n) is 3.04. The molecule has 3 rings (SSSR count). The molecule has 0 bridgehead atoms. The van der Waals surface area contributed by atoms with Crippen LogP contribution in [0.5, 0.6) is 0 Å². The Balaban J connectivity index is 1.62. The fourth-order valence-corrected chi connectivity index (χ4v) is 3.04. The van der Waals surface area contributed by atoms with Gasteiger partial charge in [-0.3, -0.25) is 9.48 Å². The maximum Gasteiger partial charge on any atom is 0.319 e. The predicted octanol–water partition coefficient (Wildman–Crippen LogP) is 1.90. The molecule has 1 fully saturated rings. The summed E-state index contributed by atoms with van der Waals surface area (Å²) in [6.45, 7) is 5.29. The van der Waals surface area contributed by atoms with Gasteiger partial charge < -0.3 is 15.5 Å². The van der Waals surface area contributed by atoms with Crippen molar-refractivity contribution in [3.05, 3.63) is 47.3 Å². The lowest BCUT2D eigenvalue weighted by atomic mass is 10.2. The molecule has 0 spiro atoms. The second kappa shape index (κ2) is 6.96. The van der Waals surface area contributed by atoms with Crippen molar-refractivity contribution in [3.8, 4) is 0 Å². The van der Waals surface area contributed by atoms with Crippen molar-refractivity contribution in [2.45, 2.75) is 32.9 Å². The number of rotatable bonds is 4. The fraction of sp³-hybridized carbons (Fsp3) is 0.389. The monoisotopic (exact) mass is 341 g/mol. The van der Waals surface area contributed by atoms with E-state index in [1.807, 2.05) is 48.9 Å². The number of anilines is 1. The SMILES string of the molecule is Cc1cc(C)n(Cc2cccc(NC(=O)N[C@@H]3CCN(C)C3=O)c2)n1. The van der Waals surface area contributed by atoms with E-state index in [2.05, 4.69) is 15.7 Å². The van der Waals surface area contributed by atoms with E-state index in [0.717, 1.165) is 17.0 Å². The van der Waals surface area contributed by atoms with Crippen molar-refractivity contribution in [1.29, 1.82) is 0 Å². The van der Waals surface area contributed by atoms with Crippen LogP contribution in [0.15, 0.2) is 30.3 Å². The van der Waals surface area contributed by atoms with Crippen LogP contribution in [-0.2, 0) is 11.3 Å². The van der Waals surface area contributed by atoms with Gasteiger partial charge in [0, 0.05) is 25.0 Å². The maximum absolute atomic E-state index is 12.1. The van der Waals surface area contributed by atoms with Crippen LogP contribution in [0.2, 0.25) is 0 Å². The molecule has 25 heavy (non-hydrogen) atoms. The number of aromatic nitrogens is 2. The summed E-state index contributed by atoms with van der Waals surface area (Å²) in [7, 11) is 1.74. The number of urea groups is 1. The third-order valence-electron chi connectivity index (χ3n) is 4.35. The van der Waals surface area contributed by atoms with E-state index in [0.29, 0.717) is 25.2 Å². The minimum Gasteiger partial charge on any atom is -0.344 e. The van der Waals surface area contributed by atoms with E-state index in [1.54, 1.807) is 11.9 Å². The van der Waals surface area contributed by atoms with Gasteiger partial charge in [-0.25, -0.2) is 4.79 Å². The number of amides is 3. The van der Waals surface area contributed by atoms with Crippen molar-refractivity contribution >= 4 is 17.6 Å². The molecule has 0 saturated carbocycles. The van der Waals surface area contributed by atoms with E-state index in [4.69, 9.17) is 0 Å². The summed E-state index contributed by atoms with van der Waals surface area (Å²) < 4.78 is 1.93. The van der Waals surface area contributed by atoms with Crippen LogP contribution in [0.3, 0.4) is 0 Å². The highest BCUT2D eigenvalue weighted by Crippen LogP contribution is 2.14. The highest BCUT2D eigenvalue weighted by Gasteiger charge is 2.30. The van der Waals surface area contributed by atoms with E-state index in [9.17, 15) is 9.59 Å². The molecule has 3 amide bonds. The minimum atomic E-state index is -0.442. The Morgan fingerprint density at radius 3 is 2.76 bits per heavy atom. The Hall–Kier alpha value is -2.83. The first-order chi connectivity index (χ1) is 11.9. The van der Waals surface area contributed by atoms with Crippen LogP contribution in [0.4, 0.5) is 10.5 Å². The van der Waals surface area contributed by atoms with E-state index in [1.165, 1.54) is 0 Å². The summed E-state index contributed by atoms with van der Waals surface area (Å²) in [6, 6.07) is 8.86. The zero-order valence-corrected chi connectivity index (χ0v) is 14.7. The topological polar surface area (TPSA) is 79.3 Å². The van der Waals surface area contributed by atoms with Gasteiger partial charge in [0.15, 0.2) is 0 Å². The lowest BCUT2D eigenvalue weighted by Crippen LogP contribution is -2.42. The molecule has 2 aromatic rings. The average molecular weight is 341 g/mol. The zero-order valence-electron chi connectivity index (χ0n) is 14.7. The quantitative estimate of drug-likeness (QED) is 0.891. The van der Waals surface area contributed by atoms with Gasteiger partial charge in [0.2, 0.25) is 5.91 Å². The second-order valence-electron chi connectivity index (χ2n) is 6.48. The summed E-state index contributed by atoms with van der Waals surface area (Å²) in [5.74, 6) is -0.0478. The highest BCUT2D eigenvalue weighted by atomic mass is 16.2. The molecule has 7 nitrogen and oxygen atoms in total. The Labute approximate surface area is 147 Å². The van der Waals surface area contributed by atoms with Gasteiger partial charge in [-0.1, -0.05) is 12.1 Å². The Morgan fingerprint density at radius 2 is 2.12 bits per heavy atom. The lowest BCUT2D eigenvalue weighted by Gasteiger charge is -2.13. The number of likely N-dealkylation sites (N-methyl/N-ethyl adjacent to an activating group) is 1. The van der Waals surface area contributed by atoms with Crippen LogP contribution in [0.25, 0.3) is 0 Å². The molecule has 0 aliphatic carbocycles. The van der Waals surface area contributed by atoms with Crippen molar-refractivity contribution < 1.29 is 9.59 Å². The summed E-state index contributed by atoms with van der Waals surface area (Å²) in [5.41, 5.74) is 3.81. The summed E-state index contributed by atoms with van der Waals surface area (Å²) in [5, 5.41) is 9.98. The van der Waals surface area contributed by atoms with Crippen molar-refractivity contribution in [2.24, 2.45) is 0 Å². The molecule has 2 heterocycles. The molecule has 1 aromatic heterocycles. The second-order valence-corrected chi connectivity index (χ2v) is 6.48. The van der Waals surface area contributed by atoms with Gasteiger partial charge in [-0.2, -0.15) is 5.10 Å². The van der Waals surface area contributed by atoms with Crippen LogP contribution < -0.4 is 10.6 Å². The molecule has 1 aliphatic heterocycles. The van der Waals surface area contributed by atoms with Gasteiger partial charge in [0.25, 0.3) is 0 Å². The third kappa shape index (κ3) is 3.99. The van der Waals surface area contributed by atoms with Crippen LogP contribution in [-0.4, -0.2) is 46.3 Å². The van der Waals surface area contributed by atoms with Crippen molar-refractivity contribution in [1.82, 2.24) is 20.0 Å². The standard InChI is InChI=1S/C18H23N5O2/c1-12-9-13(2)23(21-12)11-14-5-4-6-15(10-14)19-18(25)20-16-7-8-22(3)17(16)24/h4-6,9-10,16H,7-8,11H2,1-3H3,(H2,19,20,25)/t16-/m1/s1. The first-order valence-corrected chi connectivity index (χ1v) is 8.35. The molecule has 0 unspecified atom stereocenters. The molecule has 132 valence electrons. The van der Waals surface area contributed by atoms with Gasteiger partial charge in [0.05, 0.1) is 12.2 Å². The zero-order chi connectivity index (χ0) is 18.0. The van der Waals surface area contributed by atoms with Crippen molar-refractivity contribution in [2.75, 3.05) is 18.9 Å². The number of nitrogens with zero attached hydrogens (tertiary/aromatic N) is 3. The molecule has 1 saturated heterocycles. The van der Waals surface area contributed by atoms with E-state index >= 15 is 0 Å². The summed E-state index contributed by atoms with van der Waals surface area (Å²) in [6.07, 6.45) is 0.640. The Bertz CT molecular complexity index is 799.